The lowest BCUT2D eigenvalue weighted by molar-refractivity contribution is 0.598. The molecule has 0 amide bonds. The standard InChI is InChI=1S/C12H11N5O2S/c13-12-16-9-5-6-15-11(9)10(17-12)7-1-3-8(4-2-7)20(14,18)19/h1-6,15H,(H2,13,16,17)(H2,14,18,19). The molecule has 0 saturated heterocycles. The van der Waals surface area contributed by atoms with Crippen molar-refractivity contribution >= 4 is 27.0 Å². The molecule has 7 nitrogen and oxygen atoms in total. The minimum atomic E-state index is -3.71. The first kappa shape index (κ1) is 12.6. The van der Waals surface area contributed by atoms with Crippen molar-refractivity contribution in [3.8, 4) is 11.3 Å². The summed E-state index contributed by atoms with van der Waals surface area (Å²) in [7, 11) is -3.71. The number of benzene rings is 1. The number of hydrogen-bond donors (Lipinski definition) is 3. The fraction of sp³-hybridized carbons (Fsp3) is 0. The number of aromatic amines is 1. The zero-order valence-corrected chi connectivity index (χ0v) is 11.1. The molecule has 0 radical (unpaired) electrons. The molecule has 0 aliphatic carbocycles. The fourth-order valence-electron chi connectivity index (χ4n) is 1.97. The minimum Gasteiger partial charge on any atom is -0.368 e. The Labute approximate surface area is 114 Å². The van der Waals surface area contributed by atoms with E-state index < -0.39 is 10.0 Å². The summed E-state index contributed by atoms with van der Waals surface area (Å²) in [6.45, 7) is 0. The molecule has 1 aromatic carbocycles. The van der Waals surface area contributed by atoms with Gasteiger partial charge in [-0.25, -0.2) is 23.5 Å². The van der Waals surface area contributed by atoms with E-state index in [-0.39, 0.29) is 10.8 Å². The first-order chi connectivity index (χ1) is 9.45. The van der Waals surface area contributed by atoms with Crippen LogP contribution in [0.2, 0.25) is 0 Å². The third-order valence-electron chi connectivity index (χ3n) is 2.88. The largest absolute Gasteiger partial charge is 0.368 e. The molecule has 0 unspecified atom stereocenters. The molecular weight excluding hydrogens is 278 g/mol. The monoisotopic (exact) mass is 289 g/mol. The van der Waals surface area contributed by atoms with Crippen molar-refractivity contribution in [2.75, 3.05) is 5.73 Å². The van der Waals surface area contributed by atoms with E-state index in [2.05, 4.69) is 15.0 Å². The van der Waals surface area contributed by atoms with Gasteiger partial charge in [0.05, 0.1) is 21.6 Å². The van der Waals surface area contributed by atoms with Gasteiger partial charge in [0.25, 0.3) is 0 Å². The van der Waals surface area contributed by atoms with Gasteiger partial charge in [-0.05, 0) is 18.2 Å². The summed E-state index contributed by atoms with van der Waals surface area (Å²) in [6.07, 6.45) is 1.74. The van der Waals surface area contributed by atoms with Crippen molar-refractivity contribution < 1.29 is 8.42 Å². The molecule has 0 aliphatic rings. The summed E-state index contributed by atoms with van der Waals surface area (Å²) < 4.78 is 22.5. The molecule has 2 heterocycles. The van der Waals surface area contributed by atoms with E-state index in [4.69, 9.17) is 10.9 Å². The fourth-order valence-corrected chi connectivity index (χ4v) is 2.49. The van der Waals surface area contributed by atoms with Gasteiger partial charge in [0.1, 0.15) is 0 Å². The van der Waals surface area contributed by atoms with E-state index in [0.29, 0.717) is 11.2 Å². The lowest BCUT2D eigenvalue weighted by atomic mass is 10.1. The quantitative estimate of drug-likeness (QED) is 0.644. The maximum Gasteiger partial charge on any atom is 0.238 e. The first-order valence-electron chi connectivity index (χ1n) is 5.69. The van der Waals surface area contributed by atoms with Crippen LogP contribution in [0, 0.1) is 0 Å². The Kier molecular flexibility index (Phi) is 2.70. The van der Waals surface area contributed by atoms with Gasteiger partial charge in [-0.3, -0.25) is 0 Å². The highest BCUT2D eigenvalue weighted by Crippen LogP contribution is 2.26. The second kappa shape index (κ2) is 4.29. The number of nitrogens with zero attached hydrogens (tertiary/aromatic N) is 2. The highest BCUT2D eigenvalue weighted by atomic mass is 32.2. The van der Waals surface area contributed by atoms with Crippen LogP contribution in [0.15, 0.2) is 41.4 Å². The number of nitrogen functional groups attached to an aromatic ring is 1. The minimum absolute atomic E-state index is 0.0472. The van der Waals surface area contributed by atoms with E-state index >= 15 is 0 Å². The topological polar surface area (TPSA) is 128 Å². The molecule has 20 heavy (non-hydrogen) atoms. The molecule has 0 atom stereocenters. The van der Waals surface area contributed by atoms with E-state index in [0.717, 1.165) is 11.1 Å². The van der Waals surface area contributed by atoms with Gasteiger partial charge in [0.15, 0.2) is 0 Å². The van der Waals surface area contributed by atoms with Crippen LogP contribution >= 0.6 is 0 Å². The van der Waals surface area contributed by atoms with Crippen LogP contribution in [0.4, 0.5) is 5.95 Å². The van der Waals surface area contributed by atoms with Gasteiger partial charge in [0.2, 0.25) is 16.0 Å². The highest BCUT2D eigenvalue weighted by molar-refractivity contribution is 7.89. The van der Waals surface area contributed by atoms with Crippen LogP contribution in [0.5, 0.6) is 0 Å². The number of nitrogens with two attached hydrogens (primary N) is 2. The van der Waals surface area contributed by atoms with Crippen LogP contribution in [0.1, 0.15) is 0 Å². The predicted molar refractivity (Wildman–Crippen MR) is 75.1 cm³/mol. The van der Waals surface area contributed by atoms with E-state index in [1.807, 2.05) is 0 Å². The molecule has 2 aromatic heterocycles. The molecule has 0 fully saturated rings. The number of rotatable bonds is 2. The van der Waals surface area contributed by atoms with E-state index in [1.54, 1.807) is 24.4 Å². The molecule has 3 rings (SSSR count). The number of sulfonamides is 1. The SMILES string of the molecule is Nc1nc(-c2ccc(S(N)(=O)=O)cc2)c2[nH]ccc2n1. The third-order valence-corrected chi connectivity index (χ3v) is 3.81. The molecular formula is C12H11N5O2S. The van der Waals surface area contributed by atoms with Crippen molar-refractivity contribution in [2.24, 2.45) is 5.14 Å². The molecule has 5 N–H and O–H groups in total. The van der Waals surface area contributed by atoms with E-state index in [9.17, 15) is 8.42 Å². The normalized spacial score (nSPS) is 11.8. The Balaban J connectivity index is 2.18. The van der Waals surface area contributed by atoms with Crippen molar-refractivity contribution in [1.82, 2.24) is 15.0 Å². The molecule has 0 bridgehead atoms. The summed E-state index contributed by atoms with van der Waals surface area (Å²) in [5.41, 5.74) is 8.44. The van der Waals surface area contributed by atoms with Crippen molar-refractivity contribution in [3.05, 3.63) is 36.5 Å². The molecule has 0 saturated carbocycles. The lowest BCUT2D eigenvalue weighted by Gasteiger charge is -2.05. The van der Waals surface area contributed by atoms with Gasteiger partial charge in [-0.2, -0.15) is 0 Å². The smallest absolute Gasteiger partial charge is 0.238 e. The third kappa shape index (κ3) is 2.10. The van der Waals surface area contributed by atoms with Crippen LogP contribution < -0.4 is 10.9 Å². The Hall–Kier alpha value is -2.45. The number of nitrogens with one attached hydrogen (secondary N) is 1. The van der Waals surface area contributed by atoms with Crippen molar-refractivity contribution in [2.45, 2.75) is 4.90 Å². The van der Waals surface area contributed by atoms with Crippen molar-refractivity contribution in [1.29, 1.82) is 0 Å². The van der Waals surface area contributed by atoms with Crippen LogP contribution in [-0.4, -0.2) is 23.4 Å². The highest BCUT2D eigenvalue weighted by Gasteiger charge is 2.12. The number of aromatic nitrogens is 3. The molecule has 8 heteroatoms. The molecule has 3 aromatic rings. The van der Waals surface area contributed by atoms with Crippen LogP contribution in [0.3, 0.4) is 0 Å². The summed E-state index contributed by atoms with van der Waals surface area (Å²) in [6, 6.07) is 7.90. The van der Waals surface area contributed by atoms with Crippen LogP contribution in [-0.2, 0) is 10.0 Å². The van der Waals surface area contributed by atoms with Gasteiger partial charge in [0, 0.05) is 11.8 Å². The second-order valence-electron chi connectivity index (χ2n) is 4.24. The average molecular weight is 289 g/mol. The number of hydrogen-bond acceptors (Lipinski definition) is 5. The van der Waals surface area contributed by atoms with E-state index in [1.165, 1.54) is 12.1 Å². The summed E-state index contributed by atoms with van der Waals surface area (Å²) in [4.78, 5) is 11.4. The molecule has 0 spiro atoms. The predicted octanol–water partition coefficient (Wildman–Crippen LogP) is 0.854. The molecule has 102 valence electrons. The Morgan fingerprint density at radius 2 is 1.75 bits per heavy atom. The van der Waals surface area contributed by atoms with Crippen molar-refractivity contribution in [3.63, 3.8) is 0 Å². The van der Waals surface area contributed by atoms with Gasteiger partial charge in [-0.1, -0.05) is 12.1 Å². The van der Waals surface area contributed by atoms with Gasteiger partial charge < -0.3 is 10.7 Å². The summed E-state index contributed by atoms with van der Waals surface area (Å²) in [5, 5.41) is 5.06. The zero-order valence-electron chi connectivity index (χ0n) is 10.2. The number of primary sulfonamides is 1. The maximum atomic E-state index is 11.2. The van der Waals surface area contributed by atoms with Crippen LogP contribution in [0.25, 0.3) is 22.3 Å². The Morgan fingerprint density at radius 3 is 2.40 bits per heavy atom. The Bertz CT molecular complexity index is 884. The number of H-pyrrole nitrogens is 1. The van der Waals surface area contributed by atoms with Gasteiger partial charge >= 0.3 is 0 Å². The average Bonchev–Trinajstić information content (AvgIpc) is 2.85. The van der Waals surface area contributed by atoms with Gasteiger partial charge in [-0.15, -0.1) is 0 Å². The second-order valence-corrected chi connectivity index (χ2v) is 5.80. The number of anilines is 1. The summed E-state index contributed by atoms with van der Waals surface area (Å²) >= 11 is 0. The lowest BCUT2D eigenvalue weighted by Crippen LogP contribution is -2.11. The maximum absolute atomic E-state index is 11.2. The zero-order chi connectivity index (χ0) is 14.3. The molecule has 0 aliphatic heterocycles. The Morgan fingerprint density at radius 1 is 1.05 bits per heavy atom. The summed E-state index contributed by atoms with van der Waals surface area (Å²) in [5.74, 6) is 0.155. The first-order valence-corrected chi connectivity index (χ1v) is 7.23. The number of fused-ring (bicyclic) bond motifs is 1.